The molecule has 0 aliphatic heterocycles. The third-order valence-corrected chi connectivity index (χ3v) is 5.16. The molecule has 0 bridgehead atoms. The van der Waals surface area contributed by atoms with Crippen molar-refractivity contribution in [3.05, 3.63) is 47.0 Å². The zero-order valence-electron chi connectivity index (χ0n) is 14.2. The van der Waals surface area contributed by atoms with Crippen LogP contribution in [0.3, 0.4) is 0 Å². The number of nitrogens with zero attached hydrogens (tertiary/aromatic N) is 1. The summed E-state index contributed by atoms with van der Waals surface area (Å²) in [5.74, 6) is -1.14. The fourth-order valence-electron chi connectivity index (χ4n) is 2.14. The van der Waals surface area contributed by atoms with Crippen LogP contribution in [0, 0.1) is 5.82 Å². The van der Waals surface area contributed by atoms with Gasteiger partial charge in [-0.25, -0.2) is 17.5 Å². The Balaban J connectivity index is 2.27. The average Bonchev–Trinajstić information content (AvgIpc) is 2.83. The summed E-state index contributed by atoms with van der Waals surface area (Å²) in [5, 5.41) is 2.43. The molecule has 1 aromatic heterocycles. The molecule has 2 rings (SSSR count). The first-order valence-corrected chi connectivity index (χ1v) is 9.22. The highest BCUT2D eigenvalue weighted by Gasteiger charge is 2.25. The van der Waals surface area contributed by atoms with Crippen LogP contribution in [0.5, 0.6) is 0 Å². The molecule has 0 atom stereocenters. The number of rotatable bonds is 4. The van der Waals surface area contributed by atoms with Crippen LogP contribution < -0.4 is 10.0 Å². The number of halogens is 2. The van der Waals surface area contributed by atoms with E-state index in [1.165, 1.54) is 29.0 Å². The fourth-order valence-corrected chi connectivity index (χ4v) is 3.81. The molecule has 2 aromatic rings. The number of anilines is 1. The van der Waals surface area contributed by atoms with E-state index in [0.29, 0.717) is 5.69 Å². The van der Waals surface area contributed by atoms with Gasteiger partial charge in [-0.3, -0.25) is 4.79 Å². The minimum Gasteiger partial charge on any atom is -0.345 e. The van der Waals surface area contributed by atoms with Crippen LogP contribution in [-0.4, -0.2) is 24.4 Å². The Morgan fingerprint density at radius 3 is 2.44 bits per heavy atom. The van der Waals surface area contributed by atoms with Crippen molar-refractivity contribution in [2.45, 2.75) is 31.2 Å². The quantitative estimate of drug-likeness (QED) is 0.845. The molecule has 0 radical (unpaired) electrons. The maximum absolute atomic E-state index is 13.2. The summed E-state index contributed by atoms with van der Waals surface area (Å²) in [7, 11) is -2.20. The van der Waals surface area contributed by atoms with Crippen LogP contribution in [0.15, 0.2) is 35.4 Å². The lowest BCUT2D eigenvalue weighted by atomic mass is 10.1. The lowest BCUT2D eigenvalue weighted by Crippen LogP contribution is -2.40. The predicted molar refractivity (Wildman–Crippen MR) is 94.9 cm³/mol. The van der Waals surface area contributed by atoms with Gasteiger partial charge >= 0.3 is 0 Å². The molecule has 0 unspecified atom stereocenters. The largest absolute Gasteiger partial charge is 0.345 e. The van der Waals surface area contributed by atoms with E-state index < -0.39 is 27.3 Å². The normalized spacial score (nSPS) is 12.2. The molecular weight excluding hydrogens is 369 g/mol. The molecule has 1 aromatic carbocycles. The summed E-state index contributed by atoms with van der Waals surface area (Å²) in [4.78, 5) is 12.4. The third kappa shape index (κ3) is 4.81. The van der Waals surface area contributed by atoms with Crippen molar-refractivity contribution < 1.29 is 17.6 Å². The smallest absolute Gasteiger partial charge is 0.272 e. The summed E-state index contributed by atoms with van der Waals surface area (Å²) in [6, 6.07) is 5.04. The monoisotopic (exact) mass is 387 g/mol. The highest BCUT2D eigenvalue weighted by molar-refractivity contribution is 7.89. The zero-order chi connectivity index (χ0) is 19.0. The molecule has 2 N–H and O–H groups in total. The molecule has 1 amide bonds. The SMILES string of the molecule is Cn1cc(S(=O)(=O)NC(C)(C)C)cc1C(=O)Nc1ccc(F)c(Cl)c1. The number of hydrogen-bond acceptors (Lipinski definition) is 3. The number of sulfonamides is 1. The van der Waals surface area contributed by atoms with Crippen molar-refractivity contribution in [1.29, 1.82) is 0 Å². The van der Waals surface area contributed by atoms with Gasteiger partial charge in [-0.15, -0.1) is 0 Å². The molecular formula is C16H19ClFN3O3S. The standard InChI is InChI=1S/C16H19ClFN3O3S/c1-16(2,3)20-25(23,24)11-8-14(21(4)9-11)15(22)19-10-5-6-13(18)12(17)7-10/h5-9,20H,1-4H3,(H,19,22). The fraction of sp³-hybridized carbons (Fsp3) is 0.312. The predicted octanol–water partition coefficient (Wildman–Crippen LogP) is 3.15. The summed E-state index contributed by atoms with van der Waals surface area (Å²) < 4.78 is 41.8. The summed E-state index contributed by atoms with van der Waals surface area (Å²) >= 11 is 5.68. The second-order valence-electron chi connectivity index (χ2n) is 6.61. The molecule has 0 aliphatic carbocycles. The maximum Gasteiger partial charge on any atom is 0.272 e. The Labute approximate surface area is 151 Å². The van der Waals surface area contributed by atoms with Crippen LogP contribution in [0.2, 0.25) is 5.02 Å². The first-order chi connectivity index (χ1) is 11.4. The molecule has 9 heteroatoms. The molecule has 0 saturated heterocycles. The van der Waals surface area contributed by atoms with E-state index in [9.17, 15) is 17.6 Å². The van der Waals surface area contributed by atoms with E-state index in [0.717, 1.165) is 6.07 Å². The second-order valence-corrected chi connectivity index (χ2v) is 8.70. The van der Waals surface area contributed by atoms with E-state index in [2.05, 4.69) is 10.0 Å². The molecule has 25 heavy (non-hydrogen) atoms. The van der Waals surface area contributed by atoms with E-state index in [1.807, 2.05) is 0 Å². The Kier molecular flexibility index (Phi) is 5.27. The van der Waals surface area contributed by atoms with Crippen LogP contribution in [0.25, 0.3) is 0 Å². The van der Waals surface area contributed by atoms with Gasteiger partial charge in [0.05, 0.1) is 5.02 Å². The Morgan fingerprint density at radius 2 is 1.88 bits per heavy atom. The summed E-state index contributed by atoms with van der Waals surface area (Å²) in [5.41, 5.74) is -0.216. The zero-order valence-corrected chi connectivity index (χ0v) is 15.8. The van der Waals surface area contributed by atoms with Crippen LogP contribution >= 0.6 is 11.6 Å². The molecule has 0 aliphatic rings. The van der Waals surface area contributed by atoms with Crippen molar-refractivity contribution in [2.24, 2.45) is 7.05 Å². The number of hydrogen-bond donors (Lipinski definition) is 2. The Hall–Kier alpha value is -1.90. The number of carbonyl (C=O) groups excluding carboxylic acids is 1. The number of aryl methyl sites for hydroxylation is 1. The number of carbonyl (C=O) groups is 1. The van der Waals surface area contributed by atoms with Crippen LogP contribution in [-0.2, 0) is 17.1 Å². The summed E-state index contributed by atoms with van der Waals surface area (Å²) in [6.45, 7) is 5.16. The van der Waals surface area contributed by atoms with Gasteiger partial charge < -0.3 is 9.88 Å². The van der Waals surface area contributed by atoms with Gasteiger partial charge in [0, 0.05) is 24.5 Å². The lowest BCUT2D eigenvalue weighted by Gasteiger charge is -2.19. The highest BCUT2D eigenvalue weighted by Crippen LogP contribution is 2.21. The minimum atomic E-state index is -3.76. The number of amides is 1. The third-order valence-electron chi connectivity index (χ3n) is 3.14. The number of nitrogens with one attached hydrogen (secondary N) is 2. The van der Waals surface area contributed by atoms with Crippen molar-refractivity contribution >= 4 is 33.2 Å². The van der Waals surface area contributed by atoms with E-state index in [4.69, 9.17) is 11.6 Å². The molecule has 0 spiro atoms. The first kappa shape index (κ1) is 19.4. The first-order valence-electron chi connectivity index (χ1n) is 7.36. The number of aromatic nitrogens is 1. The van der Waals surface area contributed by atoms with Gasteiger partial charge in [0.25, 0.3) is 5.91 Å². The molecule has 0 saturated carbocycles. The molecule has 0 fully saturated rings. The molecule has 1 heterocycles. The second kappa shape index (κ2) is 6.78. The van der Waals surface area contributed by atoms with Gasteiger partial charge in [-0.05, 0) is 45.0 Å². The molecule has 6 nitrogen and oxygen atoms in total. The van der Waals surface area contributed by atoms with Gasteiger partial charge in [0.1, 0.15) is 16.4 Å². The van der Waals surface area contributed by atoms with E-state index in [1.54, 1.807) is 27.8 Å². The number of benzene rings is 1. The average molecular weight is 388 g/mol. The van der Waals surface area contributed by atoms with Crippen LogP contribution in [0.4, 0.5) is 10.1 Å². The maximum atomic E-state index is 13.2. The highest BCUT2D eigenvalue weighted by atomic mass is 35.5. The molecule has 136 valence electrons. The lowest BCUT2D eigenvalue weighted by molar-refractivity contribution is 0.101. The van der Waals surface area contributed by atoms with E-state index in [-0.39, 0.29) is 15.6 Å². The minimum absolute atomic E-state index is 0.0211. The van der Waals surface area contributed by atoms with Gasteiger partial charge in [-0.1, -0.05) is 11.6 Å². The van der Waals surface area contributed by atoms with E-state index >= 15 is 0 Å². The van der Waals surface area contributed by atoms with Crippen molar-refractivity contribution in [3.8, 4) is 0 Å². The summed E-state index contributed by atoms with van der Waals surface area (Å²) in [6.07, 6.45) is 1.35. The van der Waals surface area contributed by atoms with Gasteiger partial charge in [-0.2, -0.15) is 0 Å². The Morgan fingerprint density at radius 1 is 1.24 bits per heavy atom. The van der Waals surface area contributed by atoms with Crippen molar-refractivity contribution in [2.75, 3.05) is 5.32 Å². The van der Waals surface area contributed by atoms with Gasteiger partial charge in [0.2, 0.25) is 10.0 Å². The van der Waals surface area contributed by atoms with Gasteiger partial charge in [0.15, 0.2) is 0 Å². The Bertz CT molecular complexity index is 917. The van der Waals surface area contributed by atoms with Crippen LogP contribution in [0.1, 0.15) is 31.3 Å². The van der Waals surface area contributed by atoms with Crippen molar-refractivity contribution in [1.82, 2.24) is 9.29 Å². The topological polar surface area (TPSA) is 80.2 Å². The van der Waals surface area contributed by atoms with Crippen molar-refractivity contribution in [3.63, 3.8) is 0 Å².